The zero-order chi connectivity index (χ0) is 16.0. The SMILES string of the molecule is FC(F)(F)c1cc(-c2ccc3ccccc3c2)nc2ncnn12. The third kappa shape index (κ3) is 2.30. The average Bonchev–Trinajstić information content (AvgIpc) is 3.00. The molecule has 0 amide bonds. The first kappa shape index (κ1) is 13.7. The number of hydrogen-bond donors (Lipinski definition) is 0. The molecule has 2 aromatic heterocycles. The van der Waals surface area contributed by atoms with E-state index in [0.29, 0.717) is 10.1 Å². The minimum atomic E-state index is -4.54. The quantitative estimate of drug-likeness (QED) is 0.534. The molecule has 0 saturated carbocycles. The van der Waals surface area contributed by atoms with Gasteiger partial charge < -0.3 is 0 Å². The molecule has 0 bridgehead atoms. The smallest absolute Gasteiger partial charge is 0.211 e. The van der Waals surface area contributed by atoms with Gasteiger partial charge in [0.25, 0.3) is 5.78 Å². The number of alkyl halides is 3. The van der Waals surface area contributed by atoms with Crippen molar-refractivity contribution >= 4 is 16.6 Å². The van der Waals surface area contributed by atoms with Crippen LogP contribution in [0.2, 0.25) is 0 Å². The van der Waals surface area contributed by atoms with Crippen LogP contribution in [0, 0.1) is 0 Å². The van der Waals surface area contributed by atoms with E-state index in [2.05, 4.69) is 15.1 Å². The maximum absolute atomic E-state index is 13.2. The first-order chi connectivity index (χ1) is 11.0. The topological polar surface area (TPSA) is 43.1 Å². The lowest BCUT2D eigenvalue weighted by Gasteiger charge is -2.10. The molecule has 2 aromatic carbocycles. The van der Waals surface area contributed by atoms with Gasteiger partial charge >= 0.3 is 6.18 Å². The fourth-order valence-electron chi connectivity index (χ4n) is 2.51. The van der Waals surface area contributed by atoms with Crippen LogP contribution in [0.5, 0.6) is 0 Å². The molecule has 4 aromatic rings. The normalized spacial score (nSPS) is 12.1. The molecular weight excluding hydrogens is 305 g/mol. The van der Waals surface area contributed by atoms with Crippen LogP contribution in [0.1, 0.15) is 5.69 Å². The predicted octanol–water partition coefficient (Wildman–Crippen LogP) is 3.96. The summed E-state index contributed by atoms with van der Waals surface area (Å²) in [7, 11) is 0. The average molecular weight is 314 g/mol. The monoisotopic (exact) mass is 314 g/mol. The van der Waals surface area contributed by atoms with E-state index >= 15 is 0 Å². The van der Waals surface area contributed by atoms with Crippen molar-refractivity contribution in [3.8, 4) is 11.3 Å². The number of rotatable bonds is 1. The van der Waals surface area contributed by atoms with Crippen molar-refractivity contribution in [1.82, 2.24) is 19.6 Å². The summed E-state index contributed by atoms with van der Waals surface area (Å²) in [5.41, 5.74) is -0.0913. The molecule has 23 heavy (non-hydrogen) atoms. The standard InChI is InChI=1S/C16H9F3N4/c17-16(18,19)14-8-13(22-15-20-9-21-23(14)15)12-6-5-10-3-1-2-4-11(10)7-12/h1-9H. The molecule has 4 rings (SSSR count). The molecule has 0 atom stereocenters. The van der Waals surface area contributed by atoms with Crippen molar-refractivity contribution in [2.75, 3.05) is 0 Å². The Bertz CT molecular complexity index is 1020. The molecule has 0 aliphatic rings. The van der Waals surface area contributed by atoms with Crippen LogP contribution >= 0.6 is 0 Å². The zero-order valence-corrected chi connectivity index (χ0v) is 11.6. The Morgan fingerprint density at radius 3 is 2.48 bits per heavy atom. The molecule has 2 heterocycles. The highest BCUT2D eigenvalue weighted by Crippen LogP contribution is 2.32. The summed E-state index contributed by atoms with van der Waals surface area (Å²) in [5, 5.41) is 5.54. The Hall–Kier alpha value is -2.96. The van der Waals surface area contributed by atoms with Crippen LogP contribution in [0.15, 0.2) is 54.9 Å². The lowest BCUT2D eigenvalue weighted by molar-refractivity contribution is -0.142. The van der Waals surface area contributed by atoms with E-state index in [1.165, 1.54) is 0 Å². The van der Waals surface area contributed by atoms with Gasteiger partial charge in [-0.1, -0.05) is 36.4 Å². The predicted molar refractivity (Wildman–Crippen MR) is 78.7 cm³/mol. The van der Waals surface area contributed by atoms with Crippen LogP contribution in [0.3, 0.4) is 0 Å². The largest absolute Gasteiger partial charge is 0.433 e. The summed E-state index contributed by atoms with van der Waals surface area (Å²) in [5.74, 6) is -0.0806. The van der Waals surface area contributed by atoms with Gasteiger partial charge in [-0.25, -0.2) is 4.98 Å². The number of fused-ring (bicyclic) bond motifs is 2. The number of benzene rings is 2. The molecule has 4 nitrogen and oxygen atoms in total. The van der Waals surface area contributed by atoms with Gasteiger partial charge in [-0.05, 0) is 22.9 Å². The Morgan fingerprint density at radius 1 is 0.913 bits per heavy atom. The van der Waals surface area contributed by atoms with Crippen molar-refractivity contribution in [2.24, 2.45) is 0 Å². The van der Waals surface area contributed by atoms with E-state index in [0.717, 1.165) is 23.2 Å². The molecule has 114 valence electrons. The number of aromatic nitrogens is 4. The lowest BCUT2D eigenvalue weighted by Crippen LogP contribution is -2.13. The maximum Gasteiger partial charge on any atom is 0.433 e. The van der Waals surface area contributed by atoms with Gasteiger partial charge in [0.2, 0.25) is 0 Å². The summed E-state index contributed by atoms with van der Waals surface area (Å²) in [4.78, 5) is 7.96. The van der Waals surface area contributed by atoms with Crippen LogP contribution < -0.4 is 0 Å². The minimum Gasteiger partial charge on any atom is -0.211 e. The zero-order valence-electron chi connectivity index (χ0n) is 11.6. The van der Waals surface area contributed by atoms with Crippen molar-refractivity contribution in [3.63, 3.8) is 0 Å². The molecular formula is C16H9F3N4. The van der Waals surface area contributed by atoms with Crippen molar-refractivity contribution < 1.29 is 13.2 Å². The van der Waals surface area contributed by atoms with Crippen molar-refractivity contribution in [3.05, 3.63) is 60.6 Å². The van der Waals surface area contributed by atoms with Gasteiger partial charge in [0, 0.05) is 5.56 Å². The van der Waals surface area contributed by atoms with Crippen molar-refractivity contribution in [1.29, 1.82) is 0 Å². The molecule has 0 spiro atoms. The number of nitrogens with zero attached hydrogens (tertiary/aromatic N) is 4. The van der Waals surface area contributed by atoms with E-state index in [1.807, 2.05) is 36.4 Å². The summed E-state index contributed by atoms with van der Waals surface area (Å²) in [6.07, 6.45) is -3.48. The van der Waals surface area contributed by atoms with Crippen LogP contribution in [0.4, 0.5) is 13.2 Å². The Kier molecular flexibility index (Phi) is 2.84. The van der Waals surface area contributed by atoms with Gasteiger partial charge in [0.1, 0.15) is 6.33 Å². The Balaban J connectivity index is 1.96. The number of hydrogen-bond acceptors (Lipinski definition) is 3. The Morgan fingerprint density at radius 2 is 1.70 bits per heavy atom. The molecule has 0 fully saturated rings. The van der Waals surface area contributed by atoms with Crippen LogP contribution in [-0.4, -0.2) is 19.6 Å². The second-order valence-electron chi connectivity index (χ2n) is 5.06. The van der Waals surface area contributed by atoms with Crippen molar-refractivity contribution in [2.45, 2.75) is 6.18 Å². The summed E-state index contributed by atoms with van der Waals surface area (Å²) in [6, 6.07) is 14.0. The summed E-state index contributed by atoms with van der Waals surface area (Å²) >= 11 is 0. The van der Waals surface area contributed by atoms with Gasteiger partial charge in [-0.15, -0.1) is 0 Å². The third-order valence-corrected chi connectivity index (χ3v) is 3.59. The molecule has 0 aliphatic heterocycles. The van der Waals surface area contributed by atoms with E-state index in [4.69, 9.17) is 0 Å². The summed E-state index contributed by atoms with van der Waals surface area (Å²) < 4.78 is 40.4. The van der Waals surface area contributed by atoms with E-state index < -0.39 is 11.9 Å². The second-order valence-corrected chi connectivity index (χ2v) is 5.06. The second kappa shape index (κ2) is 4.77. The Labute approximate surface area is 128 Å². The summed E-state index contributed by atoms with van der Waals surface area (Å²) in [6.45, 7) is 0. The van der Waals surface area contributed by atoms with Gasteiger partial charge in [0.15, 0.2) is 5.69 Å². The van der Waals surface area contributed by atoms with E-state index in [-0.39, 0.29) is 11.5 Å². The molecule has 0 N–H and O–H groups in total. The highest BCUT2D eigenvalue weighted by Gasteiger charge is 2.35. The molecule has 0 unspecified atom stereocenters. The minimum absolute atomic E-state index is 0.0806. The first-order valence-corrected chi connectivity index (χ1v) is 6.79. The van der Waals surface area contributed by atoms with E-state index in [1.54, 1.807) is 6.07 Å². The highest BCUT2D eigenvalue weighted by atomic mass is 19.4. The number of halogens is 3. The lowest BCUT2D eigenvalue weighted by atomic mass is 10.0. The van der Waals surface area contributed by atoms with Gasteiger partial charge in [-0.3, -0.25) is 0 Å². The third-order valence-electron chi connectivity index (χ3n) is 3.59. The van der Waals surface area contributed by atoms with Gasteiger partial charge in [-0.2, -0.15) is 27.8 Å². The fraction of sp³-hybridized carbons (Fsp3) is 0.0625. The first-order valence-electron chi connectivity index (χ1n) is 6.79. The van der Waals surface area contributed by atoms with E-state index in [9.17, 15) is 13.2 Å². The molecule has 7 heteroatoms. The molecule has 0 saturated heterocycles. The fourth-order valence-corrected chi connectivity index (χ4v) is 2.51. The van der Waals surface area contributed by atoms with Crippen LogP contribution in [0.25, 0.3) is 27.8 Å². The van der Waals surface area contributed by atoms with Gasteiger partial charge in [0.05, 0.1) is 5.69 Å². The molecule has 0 radical (unpaired) electrons. The highest BCUT2D eigenvalue weighted by molar-refractivity contribution is 5.86. The maximum atomic E-state index is 13.2. The molecule has 0 aliphatic carbocycles. The van der Waals surface area contributed by atoms with Crippen LogP contribution in [-0.2, 0) is 6.18 Å².